The minimum atomic E-state index is -2.19. The van der Waals surface area contributed by atoms with E-state index < -0.39 is 59.7 Å². The number of rotatable bonds is 0. The summed E-state index contributed by atoms with van der Waals surface area (Å²) in [6.07, 6.45) is 0. The monoisotopic (exact) mass is 910 g/mol. The van der Waals surface area contributed by atoms with Crippen molar-refractivity contribution in [3.63, 3.8) is 0 Å². The first kappa shape index (κ1) is 47.0. The SMILES string of the molecule is O=C([O-])C(=O)[O-].O=C([O-])C(=O)[O-].O=C([O-])C(=O)[O-].O=C([O-])C(=O)[O-].O=C([O-])C(=O)[O-].[Th+4].[U]. The Balaban J connectivity index is -0.0000000481. The molecule has 0 aliphatic rings. The topological polar surface area (TPSA) is 401 Å². The van der Waals surface area contributed by atoms with E-state index in [0.29, 0.717) is 0 Å². The summed E-state index contributed by atoms with van der Waals surface area (Å²) < 4.78 is 0. The Morgan fingerprint density at radius 3 is 0.281 bits per heavy atom. The van der Waals surface area contributed by atoms with Crippen LogP contribution >= 0.6 is 0 Å². The van der Waals surface area contributed by atoms with Crippen LogP contribution in [0.5, 0.6) is 0 Å². The standard InChI is InChI=1S/5C2H2O4.Th.U/c5*3-1(4)2(5)6;;/h5*(H,3,4)(H,5,6);;/q;;;;;+4;/p-10. The van der Waals surface area contributed by atoms with Gasteiger partial charge in [0.05, 0.1) is 59.7 Å². The zero-order valence-corrected chi connectivity index (χ0v) is 22.4. The second-order valence-electron chi connectivity index (χ2n) is 2.87. The fraction of sp³-hybridized carbons (Fsp3) is 0. The van der Waals surface area contributed by atoms with Gasteiger partial charge in [0.1, 0.15) is 0 Å². The molecule has 0 atom stereocenters. The van der Waals surface area contributed by atoms with Crippen molar-refractivity contribution < 1.29 is 170 Å². The van der Waals surface area contributed by atoms with Crippen molar-refractivity contribution in [2.24, 2.45) is 0 Å². The zero-order chi connectivity index (χ0) is 25.8. The van der Waals surface area contributed by atoms with Crippen molar-refractivity contribution >= 4 is 59.7 Å². The van der Waals surface area contributed by atoms with E-state index >= 15 is 0 Å². The first-order valence-corrected chi connectivity index (χ1v) is 5.33. The molecule has 0 spiro atoms. The number of carboxylic acids is 10. The molecule has 0 heterocycles. The van der Waals surface area contributed by atoms with Crippen LogP contribution in [-0.4, -0.2) is 59.7 Å². The minimum Gasteiger partial charge on any atom is -0.543 e. The summed E-state index contributed by atoms with van der Waals surface area (Å²) in [7, 11) is 0. The molecule has 0 aromatic rings. The molecule has 0 aliphatic carbocycles. The van der Waals surface area contributed by atoms with Crippen LogP contribution in [0.4, 0.5) is 0 Å². The quantitative estimate of drug-likeness (QED) is 0.204. The molecule has 20 nitrogen and oxygen atoms in total. The van der Waals surface area contributed by atoms with Gasteiger partial charge >= 0.3 is 39.9 Å². The van der Waals surface area contributed by atoms with Gasteiger partial charge in [0.25, 0.3) is 0 Å². The Morgan fingerprint density at radius 2 is 0.281 bits per heavy atom. The fourth-order valence-electron chi connectivity index (χ4n) is 0. The average Bonchev–Trinajstić information content (AvgIpc) is 2.56. The number of carbonyl (C=O) groups is 10. The van der Waals surface area contributed by atoms with Crippen molar-refractivity contribution in [3.05, 3.63) is 0 Å². The van der Waals surface area contributed by atoms with Gasteiger partial charge in [0.15, 0.2) is 0 Å². The Hall–Kier alpha value is -2.92. The maximum Gasteiger partial charge on any atom is 4.00 e. The maximum atomic E-state index is 8.93. The Kier molecular flexibility index (Phi) is 41.3. The van der Waals surface area contributed by atoms with Crippen molar-refractivity contribution in [1.29, 1.82) is 0 Å². The molecule has 0 fully saturated rings. The first-order valence-electron chi connectivity index (χ1n) is 5.33. The van der Waals surface area contributed by atoms with Crippen molar-refractivity contribution in [3.8, 4) is 0 Å². The first-order chi connectivity index (χ1) is 13.2. The second kappa shape index (κ2) is 28.1. The van der Waals surface area contributed by atoms with Gasteiger partial charge in [-0.25, -0.2) is 0 Å². The minimum absolute atomic E-state index is 0. The molecule has 0 radical (unpaired) electrons. The number of hydrogen-bond acceptors (Lipinski definition) is 20. The predicted octanol–water partition coefficient (Wildman–Crippen LogP) is -17.6. The van der Waals surface area contributed by atoms with E-state index in [-0.39, 0.29) is 71.1 Å². The Bertz CT molecular complexity index is 510. The number of hydrogen-bond donors (Lipinski definition) is 0. The summed E-state index contributed by atoms with van der Waals surface area (Å²) >= 11 is 0. The summed E-state index contributed by atoms with van der Waals surface area (Å²) in [5.41, 5.74) is 0. The maximum absolute atomic E-state index is 8.93. The smallest absolute Gasteiger partial charge is 0.543 e. The Morgan fingerprint density at radius 1 is 0.250 bits per heavy atom. The molecule has 22 heteroatoms. The molecule has 0 saturated heterocycles. The molecule has 0 bridgehead atoms. The third kappa shape index (κ3) is 63.1. The molecule has 0 saturated carbocycles. The van der Waals surface area contributed by atoms with Crippen LogP contribution in [0.3, 0.4) is 0 Å². The van der Waals surface area contributed by atoms with E-state index in [4.69, 9.17) is 99.0 Å². The van der Waals surface area contributed by atoms with Gasteiger partial charge < -0.3 is 99.0 Å². The third-order valence-electron chi connectivity index (χ3n) is 0.833. The van der Waals surface area contributed by atoms with Gasteiger partial charge in [-0.15, -0.1) is 0 Å². The van der Waals surface area contributed by atoms with Crippen molar-refractivity contribution in [1.82, 2.24) is 0 Å². The van der Waals surface area contributed by atoms with Crippen LogP contribution < -0.4 is 51.1 Å². The van der Waals surface area contributed by atoms with Crippen LogP contribution in [0.15, 0.2) is 0 Å². The third-order valence-corrected chi connectivity index (χ3v) is 0.833. The summed E-state index contributed by atoms with van der Waals surface area (Å²) in [6.45, 7) is 0. The molecule has 0 aliphatic heterocycles. The Labute approximate surface area is 228 Å². The van der Waals surface area contributed by atoms with Crippen LogP contribution in [0.1, 0.15) is 0 Å². The summed E-state index contributed by atoms with van der Waals surface area (Å²) in [5, 5.41) is 89.3. The van der Waals surface area contributed by atoms with Crippen LogP contribution in [0.2, 0.25) is 0 Å². The van der Waals surface area contributed by atoms with Crippen LogP contribution in [0, 0.1) is 71.1 Å². The molecule has 0 aromatic heterocycles. The van der Waals surface area contributed by atoms with E-state index in [1.54, 1.807) is 0 Å². The second-order valence-corrected chi connectivity index (χ2v) is 2.87. The van der Waals surface area contributed by atoms with Gasteiger partial charge in [-0.1, -0.05) is 0 Å². The largest absolute Gasteiger partial charge is 4.00 e. The molecule has 0 aromatic carbocycles. The summed E-state index contributed by atoms with van der Waals surface area (Å²) in [6, 6.07) is 0. The van der Waals surface area contributed by atoms with Crippen LogP contribution in [0.25, 0.3) is 0 Å². The molecule has 0 N–H and O–H groups in total. The fourth-order valence-corrected chi connectivity index (χ4v) is 0. The van der Waals surface area contributed by atoms with Gasteiger partial charge in [0, 0.05) is 31.1 Å². The normalized spacial score (nSPS) is 6.88. The molecule has 0 amide bonds. The number of carbonyl (C=O) groups excluding carboxylic acids is 10. The summed E-state index contributed by atoms with van der Waals surface area (Å²) in [4.78, 5) is 89.3. The number of aliphatic carboxylic acids is 10. The number of carboxylic acid groups (broad SMARTS) is 10. The zero-order valence-electron chi connectivity index (χ0n) is 14.2. The van der Waals surface area contributed by atoms with Gasteiger partial charge in [-0.05, 0) is 0 Å². The summed E-state index contributed by atoms with van der Waals surface area (Å²) in [5.74, 6) is -21.9. The van der Waals surface area contributed by atoms with Crippen molar-refractivity contribution in [2.45, 2.75) is 0 Å². The molecule has 174 valence electrons. The van der Waals surface area contributed by atoms with E-state index in [0.717, 1.165) is 0 Å². The molecule has 0 unspecified atom stereocenters. The van der Waals surface area contributed by atoms with Gasteiger partial charge in [0.2, 0.25) is 0 Å². The predicted molar refractivity (Wildman–Crippen MR) is 50.1 cm³/mol. The molecule has 32 heavy (non-hydrogen) atoms. The molecule has 0 rings (SSSR count). The van der Waals surface area contributed by atoms with E-state index in [1.165, 1.54) is 0 Å². The van der Waals surface area contributed by atoms with Crippen molar-refractivity contribution in [2.75, 3.05) is 0 Å². The average molecular weight is 910 g/mol. The van der Waals surface area contributed by atoms with Gasteiger partial charge in [-0.2, -0.15) is 0 Å². The molecular weight excluding hydrogens is 910 g/mol. The van der Waals surface area contributed by atoms with Crippen LogP contribution in [-0.2, 0) is 47.9 Å². The van der Waals surface area contributed by atoms with E-state index in [2.05, 4.69) is 0 Å². The van der Waals surface area contributed by atoms with E-state index in [9.17, 15) is 0 Å². The van der Waals surface area contributed by atoms with Gasteiger partial charge in [-0.3, -0.25) is 0 Å². The molecular formula is C10O20ThU-6. The van der Waals surface area contributed by atoms with E-state index in [1.807, 2.05) is 0 Å².